The Hall–Kier alpha value is -3.14. The van der Waals surface area contributed by atoms with E-state index >= 15 is 0 Å². The zero-order valence-corrected chi connectivity index (χ0v) is 23.2. The molecule has 0 fully saturated rings. The molecule has 0 aromatic carbocycles. The molecule has 2 unspecified atom stereocenters. The molecule has 5 heterocycles. The molecule has 0 radical (unpaired) electrons. The van der Waals surface area contributed by atoms with Crippen LogP contribution in [-0.2, 0) is 12.8 Å². The summed E-state index contributed by atoms with van der Waals surface area (Å²) >= 11 is 0. The highest BCUT2D eigenvalue weighted by Crippen LogP contribution is 2.40. The third-order valence-electron chi connectivity index (χ3n) is 8.64. The predicted octanol–water partition coefficient (Wildman–Crippen LogP) is 8.69. The lowest BCUT2D eigenvalue weighted by atomic mass is 9.89. The van der Waals surface area contributed by atoms with Gasteiger partial charge in [-0.05, 0) is 104 Å². The summed E-state index contributed by atoms with van der Waals surface area (Å²) in [6, 6.07) is 9.12. The van der Waals surface area contributed by atoms with Crippen molar-refractivity contribution in [2.24, 2.45) is 0 Å². The molecule has 3 aromatic heterocycles. The minimum Gasteiger partial charge on any atom is -0.355 e. The van der Waals surface area contributed by atoms with Crippen molar-refractivity contribution in [3.63, 3.8) is 0 Å². The molecule has 0 aliphatic carbocycles. The van der Waals surface area contributed by atoms with E-state index in [0.717, 1.165) is 42.6 Å². The molecule has 0 spiro atoms. The molecule has 0 saturated heterocycles. The van der Waals surface area contributed by atoms with Crippen LogP contribution in [0.1, 0.15) is 111 Å². The summed E-state index contributed by atoms with van der Waals surface area (Å²) in [4.78, 5) is 17.9. The molecule has 4 nitrogen and oxygen atoms in total. The van der Waals surface area contributed by atoms with Crippen molar-refractivity contribution in [2.75, 3.05) is 0 Å². The highest BCUT2D eigenvalue weighted by atomic mass is 14.8. The molecule has 0 amide bonds. The van der Waals surface area contributed by atoms with Gasteiger partial charge in [-0.2, -0.15) is 0 Å². The topological polar surface area (TPSA) is 57.4 Å². The Kier molecular flexibility index (Phi) is 6.40. The third-order valence-corrected chi connectivity index (χ3v) is 8.64. The third kappa shape index (κ3) is 3.82. The fourth-order valence-electron chi connectivity index (χ4n) is 6.37. The number of nitrogens with one attached hydrogen (secondary N) is 2. The van der Waals surface area contributed by atoms with Crippen molar-refractivity contribution >= 4 is 33.2 Å². The van der Waals surface area contributed by atoms with Gasteiger partial charge in [0.1, 0.15) is 0 Å². The molecule has 3 aromatic rings. The summed E-state index contributed by atoms with van der Waals surface area (Å²) in [6.45, 7) is 18.0. The Balaban J connectivity index is 1.97. The van der Waals surface area contributed by atoms with Crippen molar-refractivity contribution in [1.29, 1.82) is 0 Å². The molecule has 2 atom stereocenters. The molecule has 2 N–H and O–H groups in total. The van der Waals surface area contributed by atoms with Gasteiger partial charge in [-0.15, -0.1) is 0 Å². The SMILES string of the molecule is CCC1=C(C)c2cc3[nH]c(cc4nc(cc5[nH]c(cc1n2)c(C)c5CC)C(C)C4CC)c(C)c3CC. The molecule has 36 heavy (non-hydrogen) atoms. The molecule has 2 aliphatic heterocycles. The van der Waals surface area contributed by atoms with E-state index in [1.807, 2.05) is 0 Å². The van der Waals surface area contributed by atoms with Crippen LogP contribution in [0.5, 0.6) is 0 Å². The van der Waals surface area contributed by atoms with Crippen LogP contribution in [0.3, 0.4) is 0 Å². The lowest BCUT2D eigenvalue weighted by molar-refractivity contribution is 0.585. The quantitative estimate of drug-likeness (QED) is 0.392. The zero-order valence-electron chi connectivity index (χ0n) is 23.2. The molecule has 4 heteroatoms. The van der Waals surface area contributed by atoms with Crippen molar-refractivity contribution in [1.82, 2.24) is 19.9 Å². The summed E-state index contributed by atoms with van der Waals surface area (Å²) in [5, 5.41) is 0. The van der Waals surface area contributed by atoms with Gasteiger partial charge in [0.25, 0.3) is 0 Å². The fourth-order valence-corrected chi connectivity index (χ4v) is 6.37. The van der Waals surface area contributed by atoms with E-state index in [4.69, 9.17) is 9.97 Å². The number of fused-ring (bicyclic) bond motifs is 8. The predicted molar refractivity (Wildman–Crippen MR) is 153 cm³/mol. The van der Waals surface area contributed by atoms with Crippen LogP contribution in [0.15, 0.2) is 24.3 Å². The Morgan fingerprint density at radius 1 is 0.667 bits per heavy atom. The average molecular weight is 481 g/mol. The second-order valence-electron chi connectivity index (χ2n) is 10.5. The van der Waals surface area contributed by atoms with Gasteiger partial charge in [-0.25, -0.2) is 4.98 Å². The van der Waals surface area contributed by atoms with Gasteiger partial charge in [-0.1, -0.05) is 34.6 Å². The lowest BCUT2D eigenvalue weighted by Gasteiger charge is -2.12. The van der Waals surface area contributed by atoms with E-state index in [1.54, 1.807) is 0 Å². The van der Waals surface area contributed by atoms with Crippen LogP contribution in [0.25, 0.3) is 33.2 Å². The second kappa shape index (κ2) is 9.38. The first-order valence-corrected chi connectivity index (χ1v) is 13.7. The molecule has 2 aliphatic rings. The first-order chi connectivity index (χ1) is 17.3. The maximum absolute atomic E-state index is 5.22. The number of hydrogen-bond acceptors (Lipinski definition) is 2. The van der Waals surface area contributed by atoms with E-state index in [-0.39, 0.29) is 0 Å². The van der Waals surface area contributed by atoms with Crippen LogP contribution in [0, 0.1) is 13.8 Å². The molecule has 8 bridgehead atoms. The van der Waals surface area contributed by atoms with Crippen molar-refractivity contribution in [3.05, 3.63) is 69.3 Å². The average Bonchev–Trinajstić information content (AvgIpc) is 3.51. The summed E-state index contributed by atoms with van der Waals surface area (Å²) < 4.78 is 0. The Morgan fingerprint density at radius 3 is 1.81 bits per heavy atom. The maximum Gasteiger partial charge on any atom is 0.0693 e. The van der Waals surface area contributed by atoms with Gasteiger partial charge in [-0.3, -0.25) is 4.98 Å². The van der Waals surface area contributed by atoms with Crippen molar-refractivity contribution in [3.8, 4) is 0 Å². The number of aromatic nitrogens is 4. The molecule has 188 valence electrons. The minimum absolute atomic E-state index is 0.387. The van der Waals surface area contributed by atoms with Gasteiger partial charge >= 0.3 is 0 Å². The van der Waals surface area contributed by atoms with Gasteiger partial charge in [0.05, 0.1) is 11.4 Å². The smallest absolute Gasteiger partial charge is 0.0693 e. The molecule has 5 rings (SSSR count). The summed E-state index contributed by atoms with van der Waals surface area (Å²) in [6.07, 6.45) is 4.01. The highest BCUT2D eigenvalue weighted by Gasteiger charge is 2.27. The van der Waals surface area contributed by atoms with Crippen molar-refractivity contribution in [2.45, 2.75) is 92.9 Å². The number of H-pyrrole nitrogens is 2. The standard InChI is InChI=1S/C32H40N4/c1-9-21-17(5)25-14-30-23(11-3)19(7)27(35-30)16-32-24(12-4)20(8)28(36-32)15-31-22(10-2)18(6)26(34-31)13-29(21)33-25/h13-17,21,34-35H,9-12H2,1-8H3. The minimum atomic E-state index is 0.387. The molecular weight excluding hydrogens is 440 g/mol. The summed E-state index contributed by atoms with van der Waals surface area (Å²) in [5.74, 6) is 0.811. The zero-order chi connectivity index (χ0) is 25.7. The highest BCUT2D eigenvalue weighted by molar-refractivity contribution is 5.93. The van der Waals surface area contributed by atoms with Gasteiger partial charge in [0, 0.05) is 45.3 Å². The number of rotatable bonds is 4. The van der Waals surface area contributed by atoms with Crippen LogP contribution < -0.4 is 0 Å². The van der Waals surface area contributed by atoms with E-state index in [2.05, 4.69) is 89.6 Å². The Bertz CT molecular complexity index is 1530. The summed E-state index contributed by atoms with van der Waals surface area (Å²) in [7, 11) is 0. The number of hydrogen-bond donors (Lipinski definition) is 2. The van der Waals surface area contributed by atoms with E-state index < -0.39 is 0 Å². The maximum atomic E-state index is 5.22. The number of aromatic amines is 2. The second-order valence-corrected chi connectivity index (χ2v) is 10.5. The Labute approximate surface area is 215 Å². The first kappa shape index (κ1) is 24.5. The number of aryl methyl sites for hydroxylation is 4. The monoisotopic (exact) mass is 480 g/mol. The largest absolute Gasteiger partial charge is 0.355 e. The van der Waals surface area contributed by atoms with Gasteiger partial charge in [0.2, 0.25) is 0 Å². The summed E-state index contributed by atoms with van der Waals surface area (Å²) in [5.41, 5.74) is 17.2. The first-order valence-electron chi connectivity index (χ1n) is 13.7. The van der Waals surface area contributed by atoms with Crippen LogP contribution in [0.4, 0.5) is 0 Å². The van der Waals surface area contributed by atoms with E-state index in [9.17, 15) is 0 Å². The van der Waals surface area contributed by atoms with Crippen LogP contribution in [0.2, 0.25) is 0 Å². The number of nitrogens with zero attached hydrogens (tertiary/aromatic N) is 2. The number of allylic oxidation sites excluding steroid dienone is 2. The van der Waals surface area contributed by atoms with Crippen molar-refractivity contribution < 1.29 is 0 Å². The van der Waals surface area contributed by atoms with E-state index in [0.29, 0.717) is 11.8 Å². The fraction of sp³-hybridized carbons (Fsp3) is 0.438. The normalized spacial score (nSPS) is 17.8. The lowest BCUT2D eigenvalue weighted by Crippen LogP contribution is -1.99. The molecule has 0 saturated carbocycles. The Morgan fingerprint density at radius 2 is 1.22 bits per heavy atom. The van der Waals surface area contributed by atoms with Crippen LogP contribution >= 0.6 is 0 Å². The molecular formula is C32H40N4. The van der Waals surface area contributed by atoms with Gasteiger partial charge in [0.15, 0.2) is 0 Å². The van der Waals surface area contributed by atoms with Crippen LogP contribution in [-0.4, -0.2) is 19.9 Å². The van der Waals surface area contributed by atoms with E-state index in [1.165, 1.54) is 61.3 Å². The van der Waals surface area contributed by atoms with Gasteiger partial charge < -0.3 is 9.97 Å².